The minimum atomic E-state index is -3.94. The number of benzene rings is 2. The van der Waals surface area contributed by atoms with E-state index in [1.54, 1.807) is 0 Å². The number of hydrogen-bond donors (Lipinski definition) is 3. The minimum absolute atomic E-state index is 0.123. The highest BCUT2D eigenvalue weighted by molar-refractivity contribution is 7.98. The van der Waals surface area contributed by atoms with Gasteiger partial charge in [-0.3, -0.25) is 9.59 Å². The Balaban J connectivity index is 2.00. The van der Waals surface area contributed by atoms with Crippen molar-refractivity contribution in [2.45, 2.75) is 17.4 Å². The second-order valence-electron chi connectivity index (χ2n) is 6.66. The first kappa shape index (κ1) is 26.9. The van der Waals surface area contributed by atoms with Crippen LogP contribution in [-0.4, -0.2) is 50.9 Å². The van der Waals surface area contributed by atoms with Crippen LogP contribution < -0.4 is 15.8 Å². The summed E-state index contributed by atoms with van der Waals surface area (Å²) in [5.41, 5.74) is 0.294. The molecule has 13 heteroatoms. The normalized spacial score (nSPS) is 12.0. The highest BCUT2D eigenvalue weighted by Crippen LogP contribution is 2.21. The summed E-state index contributed by atoms with van der Waals surface area (Å²) in [6, 6.07) is 8.61. The largest absolute Gasteiger partial charge is 0.454 e. The number of anilines is 1. The Labute approximate surface area is 205 Å². The molecule has 9 nitrogen and oxygen atoms in total. The first-order valence-electron chi connectivity index (χ1n) is 9.35. The molecule has 0 aliphatic carbocycles. The summed E-state index contributed by atoms with van der Waals surface area (Å²) in [5.74, 6) is -1.56. The van der Waals surface area contributed by atoms with Crippen molar-refractivity contribution < 1.29 is 27.5 Å². The van der Waals surface area contributed by atoms with Crippen LogP contribution in [0.15, 0.2) is 47.4 Å². The molecule has 0 saturated heterocycles. The van der Waals surface area contributed by atoms with Crippen molar-refractivity contribution in [1.82, 2.24) is 5.32 Å². The van der Waals surface area contributed by atoms with E-state index < -0.39 is 40.5 Å². The van der Waals surface area contributed by atoms with Gasteiger partial charge >= 0.3 is 5.97 Å². The average molecular weight is 534 g/mol. The molecule has 0 unspecified atom stereocenters. The third kappa shape index (κ3) is 8.52. The highest BCUT2D eigenvalue weighted by atomic mass is 35.5. The molecule has 0 spiro atoms. The summed E-state index contributed by atoms with van der Waals surface area (Å²) < 4.78 is 27.9. The van der Waals surface area contributed by atoms with Crippen LogP contribution in [0.2, 0.25) is 10.0 Å². The molecule has 2 aromatic carbocycles. The van der Waals surface area contributed by atoms with Crippen molar-refractivity contribution in [3.05, 3.63) is 58.1 Å². The molecule has 0 aliphatic heterocycles. The van der Waals surface area contributed by atoms with Crippen LogP contribution in [0.5, 0.6) is 0 Å². The zero-order chi connectivity index (χ0) is 24.6. The molecule has 4 N–H and O–H groups in total. The number of amides is 2. The average Bonchev–Trinajstić information content (AvgIpc) is 2.74. The van der Waals surface area contributed by atoms with Gasteiger partial charge in [0.05, 0.1) is 15.5 Å². The summed E-state index contributed by atoms with van der Waals surface area (Å²) in [6.07, 6.45) is 2.10. The standard InChI is InChI=1S/C20H21Cl2N3O6S2/c1-32-8-7-17(25-19(27)15-6-5-12(21)9-16(15)22)20(28)31-11-18(26)24-13-3-2-4-14(10-13)33(23,29)30/h2-6,9-10,17H,7-8,11H2,1H3,(H,24,26)(H,25,27)(H2,23,29,30)/t17-/m0/s1. The van der Waals surface area contributed by atoms with Gasteiger partial charge in [0.25, 0.3) is 11.8 Å². The van der Waals surface area contributed by atoms with E-state index in [1.807, 2.05) is 6.26 Å². The Hall–Kier alpha value is -2.31. The number of nitrogens with two attached hydrogens (primary N) is 1. The van der Waals surface area contributed by atoms with Gasteiger partial charge in [0.1, 0.15) is 6.04 Å². The molecule has 0 saturated carbocycles. The van der Waals surface area contributed by atoms with Gasteiger partial charge in [-0.25, -0.2) is 18.4 Å². The van der Waals surface area contributed by atoms with Crippen molar-refractivity contribution in [3.8, 4) is 0 Å². The summed E-state index contributed by atoms with van der Waals surface area (Å²) >= 11 is 13.3. The van der Waals surface area contributed by atoms with E-state index in [0.29, 0.717) is 10.8 Å². The van der Waals surface area contributed by atoms with Gasteiger partial charge < -0.3 is 15.4 Å². The number of rotatable bonds is 10. The first-order chi connectivity index (χ1) is 15.5. The van der Waals surface area contributed by atoms with Crippen molar-refractivity contribution >= 4 is 68.5 Å². The topological polar surface area (TPSA) is 145 Å². The highest BCUT2D eigenvalue weighted by Gasteiger charge is 2.24. The molecule has 0 bridgehead atoms. The van der Waals surface area contributed by atoms with Crippen molar-refractivity contribution in [2.24, 2.45) is 5.14 Å². The number of sulfonamides is 1. The van der Waals surface area contributed by atoms with Gasteiger partial charge in [0.2, 0.25) is 10.0 Å². The number of hydrogen-bond acceptors (Lipinski definition) is 7. The molecule has 1 atom stereocenters. The van der Waals surface area contributed by atoms with E-state index in [9.17, 15) is 22.8 Å². The van der Waals surface area contributed by atoms with Crippen LogP contribution in [0, 0.1) is 0 Å². The molecular formula is C20H21Cl2N3O6S2. The SMILES string of the molecule is CSCC[C@H](NC(=O)c1ccc(Cl)cc1Cl)C(=O)OCC(=O)Nc1cccc(S(N)(=O)=O)c1. The lowest BCUT2D eigenvalue weighted by molar-refractivity contribution is -0.149. The number of carbonyl (C=O) groups excluding carboxylic acids is 3. The Kier molecular flexibility index (Phi) is 9.99. The molecule has 0 aliphatic rings. The van der Waals surface area contributed by atoms with Crippen LogP contribution in [0.3, 0.4) is 0 Å². The smallest absolute Gasteiger partial charge is 0.329 e. The lowest BCUT2D eigenvalue weighted by atomic mass is 10.1. The second-order valence-corrected chi connectivity index (χ2v) is 10.1. The van der Waals surface area contributed by atoms with Crippen LogP contribution in [0.25, 0.3) is 0 Å². The van der Waals surface area contributed by atoms with Crippen LogP contribution in [-0.2, 0) is 24.3 Å². The van der Waals surface area contributed by atoms with E-state index in [4.69, 9.17) is 33.1 Å². The Morgan fingerprint density at radius 2 is 1.88 bits per heavy atom. The zero-order valence-electron chi connectivity index (χ0n) is 17.3. The molecule has 33 heavy (non-hydrogen) atoms. The van der Waals surface area contributed by atoms with Crippen LogP contribution in [0.1, 0.15) is 16.8 Å². The Morgan fingerprint density at radius 1 is 1.15 bits per heavy atom. The van der Waals surface area contributed by atoms with Gasteiger partial charge in [-0.15, -0.1) is 0 Å². The number of thioether (sulfide) groups is 1. The fourth-order valence-electron chi connectivity index (χ4n) is 2.58. The molecule has 0 fully saturated rings. The molecule has 178 valence electrons. The molecule has 0 aromatic heterocycles. The lowest BCUT2D eigenvalue weighted by Crippen LogP contribution is -2.43. The molecule has 2 aromatic rings. The maximum Gasteiger partial charge on any atom is 0.329 e. The van der Waals surface area contributed by atoms with E-state index in [2.05, 4.69) is 10.6 Å². The predicted octanol–water partition coefficient (Wildman–Crippen LogP) is 2.67. The Morgan fingerprint density at radius 3 is 2.52 bits per heavy atom. The molecule has 2 amide bonds. The summed E-state index contributed by atoms with van der Waals surface area (Å²) in [4.78, 5) is 37.0. The fraction of sp³-hybridized carbons (Fsp3) is 0.250. The third-order valence-electron chi connectivity index (χ3n) is 4.17. The predicted molar refractivity (Wildman–Crippen MR) is 128 cm³/mol. The van der Waals surface area contributed by atoms with Gasteiger partial charge in [-0.2, -0.15) is 11.8 Å². The number of halogens is 2. The van der Waals surface area contributed by atoms with E-state index in [1.165, 1.54) is 54.2 Å². The first-order valence-corrected chi connectivity index (χ1v) is 13.0. The molecule has 0 radical (unpaired) electrons. The quantitative estimate of drug-likeness (QED) is 0.398. The van der Waals surface area contributed by atoms with Gasteiger partial charge in [0, 0.05) is 10.7 Å². The lowest BCUT2D eigenvalue weighted by Gasteiger charge is -2.18. The minimum Gasteiger partial charge on any atom is -0.454 e. The summed E-state index contributed by atoms with van der Waals surface area (Å²) in [5, 5.41) is 10.5. The maximum absolute atomic E-state index is 12.6. The molecular weight excluding hydrogens is 513 g/mol. The van der Waals surface area contributed by atoms with Crippen molar-refractivity contribution in [3.63, 3.8) is 0 Å². The van der Waals surface area contributed by atoms with Crippen molar-refractivity contribution in [1.29, 1.82) is 0 Å². The third-order valence-corrected chi connectivity index (χ3v) is 6.27. The van der Waals surface area contributed by atoms with Gasteiger partial charge in [-0.05, 0) is 54.8 Å². The maximum atomic E-state index is 12.6. The second kappa shape index (κ2) is 12.2. The number of carbonyl (C=O) groups is 3. The number of esters is 1. The monoisotopic (exact) mass is 533 g/mol. The van der Waals surface area contributed by atoms with E-state index in [0.717, 1.165) is 0 Å². The van der Waals surface area contributed by atoms with E-state index in [-0.39, 0.29) is 27.6 Å². The summed E-state index contributed by atoms with van der Waals surface area (Å²) in [6.45, 7) is -0.647. The van der Waals surface area contributed by atoms with Gasteiger partial charge in [-0.1, -0.05) is 29.3 Å². The van der Waals surface area contributed by atoms with Gasteiger partial charge in [0.15, 0.2) is 6.61 Å². The fourth-order valence-corrected chi connectivity index (χ4v) is 4.10. The number of nitrogens with one attached hydrogen (secondary N) is 2. The molecule has 0 heterocycles. The van der Waals surface area contributed by atoms with Crippen LogP contribution >= 0.6 is 35.0 Å². The zero-order valence-corrected chi connectivity index (χ0v) is 20.5. The van der Waals surface area contributed by atoms with Crippen LogP contribution in [0.4, 0.5) is 5.69 Å². The summed E-state index contributed by atoms with van der Waals surface area (Å²) in [7, 11) is -3.94. The molecule has 2 rings (SSSR count). The Bertz CT molecular complexity index is 1140. The number of ether oxygens (including phenoxy) is 1. The van der Waals surface area contributed by atoms with E-state index >= 15 is 0 Å². The number of primary sulfonamides is 1. The van der Waals surface area contributed by atoms with Crippen molar-refractivity contribution in [2.75, 3.05) is 23.9 Å².